The number of thioether (sulfide) groups is 1. The van der Waals surface area contributed by atoms with Gasteiger partial charge in [-0.05, 0) is 114 Å². The first kappa shape index (κ1) is 32.3. The number of nitrogens with one attached hydrogen (secondary N) is 1. The van der Waals surface area contributed by atoms with E-state index in [-0.39, 0.29) is 18.3 Å². The van der Waals surface area contributed by atoms with Crippen LogP contribution in [-0.2, 0) is 4.79 Å². The number of rotatable bonds is 6. The molecule has 1 heterocycles. The number of carbonyl (C=O) groups excluding carboxylic acids is 1. The number of fused-ring (bicyclic) bond motifs is 7. The van der Waals surface area contributed by atoms with Gasteiger partial charge in [0.15, 0.2) is 0 Å². The summed E-state index contributed by atoms with van der Waals surface area (Å²) in [5, 5.41) is 13.1. The van der Waals surface area contributed by atoms with Gasteiger partial charge in [0.05, 0.1) is 5.41 Å². The Labute approximate surface area is 278 Å². The number of benzene rings is 1. The fourth-order valence-corrected chi connectivity index (χ4v) is 14.2. The number of allylic oxidation sites excluding steroid dienone is 2. The van der Waals surface area contributed by atoms with Crippen LogP contribution in [0.15, 0.2) is 30.3 Å². The highest BCUT2D eigenvalue weighted by atomic mass is 32.2. The van der Waals surface area contributed by atoms with Gasteiger partial charge in [-0.25, -0.2) is 0 Å². The van der Waals surface area contributed by atoms with Gasteiger partial charge in [0.1, 0.15) is 0 Å². The molecule has 1 aromatic carbocycles. The summed E-state index contributed by atoms with van der Waals surface area (Å²) in [6.07, 6.45) is 15.0. The third-order valence-electron chi connectivity index (χ3n) is 15.7. The SMILES string of the molecule is CC1(C)C(c2ccc(BO)cc2)=CCC2(C)C1CCC1(C)C2CCC2[C@H]3CCCC3(C(=O)NCCN3CCSCC3)CC[C@]21C. The average molecular weight is 631 g/mol. The van der Waals surface area contributed by atoms with Crippen molar-refractivity contribution in [3.8, 4) is 0 Å². The lowest BCUT2D eigenvalue weighted by molar-refractivity contribution is -0.222. The maximum absolute atomic E-state index is 14.1. The van der Waals surface area contributed by atoms with Crippen molar-refractivity contribution in [1.82, 2.24) is 10.2 Å². The molecule has 6 heteroatoms. The highest BCUT2D eigenvalue weighted by molar-refractivity contribution is 7.99. The van der Waals surface area contributed by atoms with Crippen LogP contribution in [0.1, 0.15) is 104 Å². The van der Waals surface area contributed by atoms with E-state index in [9.17, 15) is 9.82 Å². The number of amides is 1. The lowest BCUT2D eigenvalue weighted by atomic mass is 9.32. The fourth-order valence-electron chi connectivity index (χ4n) is 13.2. The van der Waals surface area contributed by atoms with E-state index in [1.54, 1.807) is 0 Å². The normalized spacial score (nSPS) is 42.4. The molecule has 6 aliphatic rings. The van der Waals surface area contributed by atoms with E-state index in [0.29, 0.717) is 39.9 Å². The Kier molecular flexibility index (Phi) is 8.42. The molecule has 246 valence electrons. The minimum Gasteiger partial charge on any atom is -0.449 e. The molecule has 6 unspecified atom stereocenters. The summed E-state index contributed by atoms with van der Waals surface area (Å²) < 4.78 is 0. The molecule has 4 nitrogen and oxygen atoms in total. The zero-order valence-electron chi connectivity index (χ0n) is 28.9. The molecular formula is C39H59BN2O2S. The molecule has 0 spiro atoms. The number of hydrogen-bond donors (Lipinski definition) is 2. The summed E-state index contributed by atoms with van der Waals surface area (Å²) in [5.74, 6) is 5.49. The molecule has 5 fully saturated rings. The van der Waals surface area contributed by atoms with Crippen molar-refractivity contribution in [2.75, 3.05) is 37.7 Å². The molecule has 2 N–H and O–H groups in total. The first-order valence-corrected chi connectivity index (χ1v) is 19.6. The number of nitrogens with zero attached hydrogens (tertiary/aromatic N) is 1. The Morgan fingerprint density at radius 2 is 1.67 bits per heavy atom. The smallest absolute Gasteiger partial charge is 0.304 e. The molecule has 4 saturated carbocycles. The summed E-state index contributed by atoms with van der Waals surface area (Å²) in [4.78, 5) is 16.7. The third-order valence-corrected chi connectivity index (χ3v) is 16.6. The second-order valence-corrected chi connectivity index (χ2v) is 18.7. The van der Waals surface area contributed by atoms with Crippen LogP contribution in [0.4, 0.5) is 0 Å². The molecule has 0 bridgehead atoms. The van der Waals surface area contributed by atoms with Crippen molar-refractivity contribution >= 4 is 36.2 Å². The predicted molar refractivity (Wildman–Crippen MR) is 191 cm³/mol. The van der Waals surface area contributed by atoms with E-state index in [1.807, 2.05) is 0 Å². The van der Waals surface area contributed by atoms with E-state index in [4.69, 9.17) is 0 Å². The minimum absolute atomic E-state index is 0.105. The van der Waals surface area contributed by atoms with Gasteiger partial charge in [-0.15, -0.1) is 0 Å². The number of hydrogen-bond acceptors (Lipinski definition) is 4. The van der Waals surface area contributed by atoms with Gasteiger partial charge < -0.3 is 10.3 Å². The van der Waals surface area contributed by atoms with Gasteiger partial charge in [0, 0.05) is 37.7 Å². The Balaban J connectivity index is 1.12. The van der Waals surface area contributed by atoms with E-state index < -0.39 is 0 Å². The van der Waals surface area contributed by atoms with Crippen LogP contribution >= 0.6 is 11.8 Å². The van der Waals surface area contributed by atoms with Gasteiger partial charge in [-0.3, -0.25) is 9.69 Å². The van der Waals surface area contributed by atoms with E-state index in [2.05, 4.69) is 86.9 Å². The standard InChI is InChI=1S/C39H59BN2O2S/c1-35(2)29(27-8-10-28(40-44)11-9-27)14-17-36(3)32(35)15-18-38(5)33(36)13-12-30-31-7-6-16-39(31,20-19-37(30,38)4)34(43)41-21-22-42-23-25-45-26-24-42/h8-11,14,30-33,40,44H,6-7,12-13,15-26H2,1-5H3,(H,41,43)/t30?,31-,32?,33?,36?,37-,38?,39?/m1/s1. The maximum atomic E-state index is 14.1. The molecule has 5 aliphatic carbocycles. The second kappa shape index (κ2) is 11.7. The molecule has 1 saturated heterocycles. The predicted octanol–water partition coefficient (Wildman–Crippen LogP) is 6.67. The van der Waals surface area contributed by atoms with Gasteiger partial charge in [0.2, 0.25) is 5.91 Å². The van der Waals surface area contributed by atoms with Gasteiger partial charge in [0.25, 0.3) is 0 Å². The van der Waals surface area contributed by atoms with E-state index in [1.165, 1.54) is 87.1 Å². The van der Waals surface area contributed by atoms with Crippen LogP contribution in [0, 0.1) is 50.7 Å². The summed E-state index contributed by atoms with van der Waals surface area (Å²) in [5.41, 5.74) is 4.76. The first-order chi connectivity index (χ1) is 21.5. The van der Waals surface area contributed by atoms with Crippen LogP contribution in [0.3, 0.4) is 0 Å². The van der Waals surface area contributed by atoms with E-state index >= 15 is 0 Å². The van der Waals surface area contributed by atoms with Crippen LogP contribution in [0.5, 0.6) is 0 Å². The monoisotopic (exact) mass is 630 g/mol. The lowest BCUT2D eigenvalue weighted by Crippen LogP contribution is -2.66. The average Bonchev–Trinajstić information content (AvgIpc) is 3.47. The van der Waals surface area contributed by atoms with Crippen LogP contribution in [0.2, 0.25) is 0 Å². The van der Waals surface area contributed by atoms with Crippen molar-refractivity contribution in [3.63, 3.8) is 0 Å². The van der Waals surface area contributed by atoms with Crippen LogP contribution in [0.25, 0.3) is 5.57 Å². The molecule has 7 rings (SSSR count). The Morgan fingerprint density at radius 3 is 2.40 bits per heavy atom. The van der Waals surface area contributed by atoms with Gasteiger partial charge in [-0.1, -0.05) is 76.8 Å². The van der Waals surface area contributed by atoms with Crippen molar-refractivity contribution < 1.29 is 9.82 Å². The molecule has 0 aromatic heterocycles. The maximum Gasteiger partial charge on any atom is 0.304 e. The third kappa shape index (κ3) is 4.87. The Hall–Kier alpha value is -1.24. The second-order valence-electron chi connectivity index (χ2n) is 17.4. The van der Waals surface area contributed by atoms with Gasteiger partial charge >= 0.3 is 7.48 Å². The van der Waals surface area contributed by atoms with Crippen LogP contribution in [-0.4, -0.2) is 61.0 Å². The quantitative estimate of drug-likeness (QED) is 0.345. The first-order valence-electron chi connectivity index (χ1n) is 18.5. The Morgan fingerprint density at radius 1 is 0.911 bits per heavy atom. The van der Waals surface area contributed by atoms with Crippen molar-refractivity contribution in [2.45, 2.75) is 98.8 Å². The largest absolute Gasteiger partial charge is 0.449 e. The lowest BCUT2D eigenvalue weighted by Gasteiger charge is -2.72. The van der Waals surface area contributed by atoms with Gasteiger partial charge in [-0.2, -0.15) is 11.8 Å². The molecule has 1 aliphatic heterocycles. The highest BCUT2D eigenvalue weighted by Gasteiger charge is 2.70. The summed E-state index contributed by atoms with van der Waals surface area (Å²) in [7, 11) is 0.105. The molecule has 1 amide bonds. The molecule has 1 aromatic rings. The van der Waals surface area contributed by atoms with Crippen LogP contribution < -0.4 is 10.8 Å². The Bertz CT molecular complexity index is 1310. The van der Waals surface area contributed by atoms with Crippen molar-refractivity contribution in [2.24, 2.45) is 50.7 Å². The number of carbonyl (C=O) groups is 1. The highest BCUT2D eigenvalue weighted by Crippen LogP contribution is 2.77. The summed E-state index contributed by atoms with van der Waals surface area (Å²) in [6.45, 7) is 17.3. The van der Waals surface area contributed by atoms with Crippen molar-refractivity contribution in [3.05, 3.63) is 35.9 Å². The minimum atomic E-state index is -0.123. The topological polar surface area (TPSA) is 52.6 Å². The zero-order chi connectivity index (χ0) is 31.7. The summed E-state index contributed by atoms with van der Waals surface area (Å²) >= 11 is 2.06. The zero-order valence-corrected chi connectivity index (χ0v) is 29.7. The molecule has 0 radical (unpaired) electrons. The summed E-state index contributed by atoms with van der Waals surface area (Å²) in [6, 6.07) is 8.67. The molecule has 8 atom stereocenters. The molecule has 45 heavy (non-hydrogen) atoms. The van der Waals surface area contributed by atoms with Crippen molar-refractivity contribution in [1.29, 1.82) is 0 Å². The molecular weight excluding hydrogens is 571 g/mol. The fraction of sp³-hybridized carbons (Fsp3) is 0.769. The van der Waals surface area contributed by atoms with E-state index in [0.717, 1.165) is 37.3 Å².